The highest BCUT2D eigenvalue weighted by atomic mass is 32.1. The Morgan fingerprint density at radius 1 is 1.33 bits per heavy atom. The lowest BCUT2D eigenvalue weighted by Gasteiger charge is -2.24. The minimum absolute atomic E-state index is 0.119. The first-order chi connectivity index (χ1) is 11.4. The van der Waals surface area contributed by atoms with Crippen LogP contribution in [0.5, 0.6) is 0 Å². The molecule has 130 valence electrons. The van der Waals surface area contributed by atoms with E-state index in [4.69, 9.17) is 5.11 Å². The standard InChI is InChI=1S/C18H25N3O2S/c1-13(20-17(23)19-12-18(2,3)9-10-22)16-21-15(11-24-16)14-7-5-4-6-8-14/h4-8,11,13,22H,9-10,12H2,1-3H3,(H2,19,20,23). The van der Waals surface area contributed by atoms with Crippen LogP contribution in [-0.4, -0.2) is 29.3 Å². The molecule has 0 saturated carbocycles. The molecule has 0 aliphatic carbocycles. The molecule has 2 aromatic rings. The third kappa shape index (κ3) is 5.32. The average Bonchev–Trinajstić information content (AvgIpc) is 3.04. The van der Waals surface area contributed by atoms with Crippen molar-refractivity contribution in [3.05, 3.63) is 40.7 Å². The number of aliphatic hydroxyl groups is 1. The number of aromatic nitrogens is 1. The molecule has 0 spiro atoms. The molecule has 1 heterocycles. The Morgan fingerprint density at radius 2 is 2.04 bits per heavy atom. The molecule has 2 rings (SSSR count). The van der Waals surface area contributed by atoms with Gasteiger partial charge in [0.2, 0.25) is 0 Å². The average molecular weight is 347 g/mol. The molecule has 3 N–H and O–H groups in total. The van der Waals surface area contributed by atoms with E-state index in [1.54, 1.807) is 0 Å². The Bertz CT molecular complexity index is 655. The fourth-order valence-electron chi connectivity index (χ4n) is 2.25. The van der Waals surface area contributed by atoms with Crippen molar-refractivity contribution >= 4 is 17.4 Å². The lowest BCUT2D eigenvalue weighted by molar-refractivity contribution is 0.200. The predicted molar refractivity (Wildman–Crippen MR) is 98.0 cm³/mol. The van der Waals surface area contributed by atoms with Gasteiger partial charge in [0.05, 0.1) is 11.7 Å². The van der Waals surface area contributed by atoms with Crippen LogP contribution in [0.3, 0.4) is 0 Å². The van der Waals surface area contributed by atoms with Gasteiger partial charge < -0.3 is 15.7 Å². The number of hydrogen-bond donors (Lipinski definition) is 3. The summed E-state index contributed by atoms with van der Waals surface area (Å²) in [5.74, 6) is 0. The lowest BCUT2D eigenvalue weighted by atomic mass is 9.90. The van der Waals surface area contributed by atoms with Crippen molar-refractivity contribution in [2.24, 2.45) is 5.41 Å². The predicted octanol–water partition coefficient (Wildman–Crippen LogP) is 3.58. The molecule has 24 heavy (non-hydrogen) atoms. The molecule has 0 fully saturated rings. The second kappa shape index (κ2) is 8.26. The molecule has 0 aliphatic heterocycles. The normalized spacial score (nSPS) is 12.7. The zero-order chi connectivity index (χ0) is 17.6. The van der Waals surface area contributed by atoms with Gasteiger partial charge in [-0.05, 0) is 18.8 Å². The summed E-state index contributed by atoms with van der Waals surface area (Å²) < 4.78 is 0. The Hall–Kier alpha value is -1.92. The van der Waals surface area contributed by atoms with Gasteiger partial charge >= 0.3 is 6.03 Å². The van der Waals surface area contributed by atoms with Crippen molar-refractivity contribution in [2.75, 3.05) is 13.2 Å². The molecule has 0 radical (unpaired) electrons. The number of thiazole rings is 1. The zero-order valence-electron chi connectivity index (χ0n) is 14.4. The molecule has 5 nitrogen and oxygen atoms in total. The number of rotatable bonds is 7. The van der Waals surface area contributed by atoms with Crippen LogP contribution in [0.15, 0.2) is 35.7 Å². The van der Waals surface area contributed by atoms with Gasteiger partial charge in [-0.15, -0.1) is 11.3 Å². The van der Waals surface area contributed by atoms with Gasteiger partial charge in [0.15, 0.2) is 0 Å². The third-order valence-electron chi connectivity index (χ3n) is 3.83. The van der Waals surface area contributed by atoms with Crippen molar-refractivity contribution in [2.45, 2.75) is 33.2 Å². The van der Waals surface area contributed by atoms with Gasteiger partial charge in [0, 0.05) is 24.1 Å². The number of nitrogens with zero attached hydrogens (tertiary/aromatic N) is 1. The summed E-state index contributed by atoms with van der Waals surface area (Å²) in [6.07, 6.45) is 0.649. The Morgan fingerprint density at radius 3 is 2.71 bits per heavy atom. The number of aliphatic hydroxyl groups excluding tert-OH is 1. The Balaban J connectivity index is 1.89. The number of nitrogens with one attached hydrogen (secondary N) is 2. The van der Waals surface area contributed by atoms with Gasteiger partial charge in [0.25, 0.3) is 0 Å². The Kier molecular flexibility index (Phi) is 6.34. The first-order valence-electron chi connectivity index (χ1n) is 8.07. The van der Waals surface area contributed by atoms with E-state index in [1.165, 1.54) is 11.3 Å². The third-order valence-corrected chi connectivity index (χ3v) is 4.85. The highest BCUT2D eigenvalue weighted by Gasteiger charge is 2.19. The van der Waals surface area contributed by atoms with E-state index < -0.39 is 0 Å². The number of carbonyl (C=O) groups is 1. The fourth-order valence-corrected chi connectivity index (χ4v) is 3.08. The maximum atomic E-state index is 12.0. The maximum Gasteiger partial charge on any atom is 0.315 e. The van der Waals surface area contributed by atoms with Gasteiger partial charge in [-0.1, -0.05) is 44.2 Å². The summed E-state index contributed by atoms with van der Waals surface area (Å²) in [7, 11) is 0. The van der Waals surface area contributed by atoms with Crippen LogP contribution >= 0.6 is 11.3 Å². The van der Waals surface area contributed by atoms with E-state index in [2.05, 4.69) is 15.6 Å². The van der Waals surface area contributed by atoms with E-state index >= 15 is 0 Å². The summed E-state index contributed by atoms with van der Waals surface area (Å²) in [4.78, 5) is 16.7. The zero-order valence-corrected chi connectivity index (χ0v) is 15.2. The van der Waals surface area contributed by atoms with Crippen LogP contribution in [0.1, 0.15) is 38.2 Å². The number of benzene rings is 1. The van der Waals surface area contributed by atoms with E-state index in [-0.39, 0.29) is 24.1 Å². The number of carbonyl (C=O) groups excluding carboxylic acids is 1. The van der Waals surface area contributed by atoms with Gasteiger partial charge in [-0.25, -0.2) is 9.78 Å². The van der Waals surface area contributed by atoms with Gasteiger partial charge in [0.1, 0.15) is 5.01 Å². The summed E-state index contributed by atoms with van der Waals surface area (Å²) in [5, 5.41) is 17.7. The molecule has 0 aliphatic rings. The lowest BCUT2D eigenvalue weighted by Crippen LogP contribution is -2.41. The molecule has 6 heteroatoms. The highest BCUT2D eigenvalue weighted by molar-refractivity contribution is 7.10. The Labute approximate surface area is 147 Å². The number of amides is 2. The van der Waals surface area contributed by atoms with Crippen LogP contribution in [-0.2, 0) is 0 Å². The van der Waals surface area contributed by atoms with Crippen molar-refractivity contribution in [1.82, 2.24) is 15.6 Å². The molecule has 1 atom stereocenters. The molecule has 1 unspecified atom stereocenters. The number of urea groups is 1. The fraction of sp³-hybridized carbons (Fsp3) is 0.444. The highest BCUT2D eigenvalue weighted by Crippen LogP contribution is 2.25. The van der Waals surface area contributed by atoms with Crippen molar-refractivity contribution in [1.29, 1.82) is 0 Å². The van der Waals surface area contributed by atoms with Crippen LogP contribution < -0.4 is 10.6 Å². The van der Waals surface area contributed by atoms with E-state index in [0.717, 1.165) is 16.3 Å². The van der Waals surface area contributed by atoms with Crippen LogP contribution in [0.4, 0.5) is 4.79 Å². The van der Waals surface area contributed by atoms with Crippen molar-refractivity contribution in [3.8, 4) is 11.3 Å². The second-order valence-corrected chi connectivity index (χ2v) is 7.51. The SMILES string of the molecule is CC(NC(=O)NCC(C)(C)CCO)c1nc(-c2ccccc2)cs1. The van der Waals surface area contributed by atoms with Crippen molar-refractivity contribution in [3.63, 3.8) is 0 Å². The van der Waals surface area contributed by atoms with E-state index in [0.29, 0.717) is 13.0 Å². The van der Waals surface area contributed by atoms with Gasteiger partial charge in [-0.2, -0.15) is 0 Å². The van der Waals surface area contributed by atoms with Crippen molar-refractivity contribution < 1.29 is 9.90 Å². The molecule has 2 amide bonds. The second-order valence-electron chi connectivity index (χ2n) is 6.62. The molecule has 0 saturated heterocycles. The molecule has 0 bridgehead atoms. The summed E-state index contributed by atoms with van der Waals surface area (Å²) >= 11 is 1.54. The summed E-state index contributed by atoms with van der Waals surface area (Å²) in [6, 6.07) is 9.61. The van der Waals surface area contributed by atoms with Gasteiger partial charge in [-0.3, -0.25) is 0 Å². The van der Waals surface area contributed by atoms with E-state index in [1.807, 2.05) is 56.5 Å². The first-order valence-corrected chi connectivity index (χ1v) is 8.95. The maximum absolute atomic E-state index is 12.0. The molecule has 1 aromatic carbocycles. The quantitative estimate of drug-likeness (QED) is 0.717. The summed E-state index contributed by atoms with van der Waals surface area (Å²) in [5.41, 5.74) is 1.87. The molecular weight excluding hydrogens is 322 g/mol. The largest absolute Gasteiger partial charge is 0.396 e. The monoisotopic (exact) mass is 347 g/mol. The summed E-state index contributed by atoms with van der Waals surface area (Å²) in [6.45, 7) is 6.58. The minimum Gasteiger partial charge on any atom is -0.396 e. The number of hydrogen-bond acceptors (Lipinski definition) is 4. The minimum atomic E-state index is -0.218. The molecule has 1 aromatic heterocycles. The first kappa shape index (κ1) is 18.4. The smallest absolute Gasteiger partial charge is 0.315 e. The van der Waals surface area contributed by atoms with Crippen LogP contribution in [0.25, 0.3) is 11.3 Å². The molecular formula is C18H25N3O2S. The topological polar surface area (TPSA) is 74.2 Å². The van der Waals surface area contributed by atoms with E-state index in [9.17, 15) is 4.79 Å². The van der Waals surface area contributed by atoms with Crippen LogP contribution in [0, 0.1) is 5.41 Å². The van der Waals surface area contributed by atoms with Crippen LogP contribution in [0.2, 0.25) is 0 Å².